The van der Waals surface area contributed by atoms with Crippen LogP contribution in [-0.4, -0.2) is 18.2 Å². The summed E-state index contributed by atoms with van der Waals surface area (Å²) in [6.07, 6.45) is 4.78. The molecule has 6 heteroatoms. The van der Waals surface area contributed by atoms with Gasteiger partial charge in [0.25, 0.3) is 0 Å². The van der Waals surface area contributed by atoms with Crippen LogP contribution in [0.25, 0.3) is 0 Å². The SMILES string of the molecule is CCCCc1ccc(C(=O)OOOC(=O)OC2CCC(C)CC2C)cc1. The van der Waals surface area contributed by atoms with Gasteiger partial charge in [0.05, 0.1) is 10.6 Å². The molecule has 0 spiro atoms. The molecule has 0 N–H and O–H groups in total. The van der Waals surface area contributed by atoms with Crippen molar-refractivity contribution in [3.05, 3.63) is 35.4 Å². The molecule has 0 saturated heterocycles. The molecule has 1 aromatic carbocycles. The monoisotopic (exact) mass is 364 g/mol. The summed E-state index contributed by atoms with van der Waals surface area (Å²) in [6, 6.07) is 7.04. The highest BCUT2D eigenvalue weighted by atomic mass is 17.5. The van der Waals surface area contributed by atoms with Gasteiger partial charge in [-0.05, 0) is 61.6 Å². The van der Waals surface area contributed by atoms with Gasteiger partial charge in [-0.25, -0.2) is 14.5 Å². The summed E-state index contributed by atoms with van der Waals surface area (Å²) in [6.45, 7) is 6.35. The van der Waals surface area contributed by atoms with Crippen LogP contribution in [0.4, 0.5) is 4.79 Å². The molecule has 6 nitrogen and oxygen atoms in total. The maximum absolute atomic E-state index is 11.9. The van der Waals surface area contributed by atoms with Gasteiger partial charge in [0.1, 0.15) is 6.10 Å². The lowest BCUT2D eigenvalue weighted by atomic mass is 9.81. The Morgan fingerprint density at radius 3 is 2.46 bits per heavy atom. The van der Waals surface area contributed by atoms with Gasteiger partial charge in [0, 0.05) is 0 Å². The Morgan fingerprint density at radius 2 is 1.81 bits per heavy atom. The van der Waals surface area contributed by atoms with E-state index in [1.165, 1.54) is 0 Å². The molecule has 3 unspecified atom stereocenters. The van der Waals surface area contributed by atoms with Gasteiger partial charge in [-0.3, -0.25) is 4.89 Å². The third kappa shape index (κ3) is 6.33. The minimum atomic E-state index is -1.00. The van der Waals surface area contributed by atoms with E-state index in [1.807, 2.05) is 19.1 Å². The zero-order chi connectivity index (χ0) is 18.9. The minimum absolute atomic E-state index is 0.200. The number of ether oxygens (including phenoxy) is 1. The Hall–Kier alpha value is -2.08. The van der Waals surface area contributed by atoms with Gasteiger partial charge >= 0.3 is 12.1 Å². The van der Waals surface area contributed by atoms with E-state index >= 15 is 0 Å². The first-order valence-electron chi connectivity index (χ1n) is 9.34. The number of carbonyl (C=O) groups is 2. The van der Waals surface area contributed by atoms with E-state index in [2.05, 4.69) is 28.7 Å². The fourth-order valence-corrected chi connectivity index (χ4v) is 3.27. The highest BCUT2D eigenvalue weighted by Gasteiger charge is 2.29. The zero-order valence-electron chi connectivity index (χ0n) is 15.7. The fraction of sp³-hybridized carbons (Fsp3) is 0.600. The van der Waals surface area contributed by atoms with Gasteiger partial charge in [0.2, 0.25) is 0 Å². The van der Waals surface area contributed by atoms with Crippen molar-refractivity contribution in [2.75, 3.05) is 0 Å². The number of aryl methyl sites for hydroxylation is 1. The molecular weight excluding hydrogens is 336 g/mol. The number of benzene rings is 1. The van der Waals surface area contributed by atoms with Crippen LogP contribution in [0.3, 0.4) is 0 Å². The van der Waals surface area contributed by atoms with Crippen molar-refractivity contribution >= 4 is 12.1 Å². The summed E-state index contributed by atoms with van der Waals surface area (Å²) in [4.78, 5) is 32.4. The second-order valence-electron chi connectivity index (χ2n) is 7.12. The third-order valence-electron chi connectivity index (χ3n) is 4.82. The second-order valence-corrected chi connectivity index (χ2v) is 7.12. The van der Waals surface area contributed by atoms with Crippen LogP contribution < -0.4 is 0 Å². The number of rotatable bonds is 7. The standard InChI is InChI=1S/C20H28O6/c1-4-5-6-16-8-10-17(11-9-16)19(21)24-26-25-20(22)23-18-12-7-14(2)13-15(18)3/h8-11,14-15,18H,4-7,12-13H2,1-3H3. The number of hydrogen-bond donors (Lipinski definition) is 0. The highest BCUT2D eigenvalue weighted by molar-refractivity contribution is 5.88. The summed E-state index contributed by atoms with van der Waals surface area (Å²) in [5, 5.41) is 4.28. The van der Waals surface area contributed by atoms with Crippen LogP contribution >= 0.6 is 0 Å². The Kier molecular flexibility index (Phi) is 7.91. The highest BCUT2D eigenvalue weighted by Crippen LogP contribution is 2.30. The lowest BCUT2D eigenvalue weighted by Gasteiger charge is -2.31. The number of unbranched alkanes of at least 4 members (excludes halogenated alkanes) is 1. The Balaban J connectivity index is 1.69. The maximum Gasteiger partial charge on any atom is 0.543 e. The smallest absolute Gasteiger partial charge is 0.429 e. The molecule has 26 heavy (non-hydrogen) atoms. The molecule has 3 atom stereocenters. The number of hydrogen-bond acceptors (Lipinski definition) is 6. The lowest BCUT2D eigenvalue weighted by Crippen LogP contribution is -2.31. The molecule has 1 aromatic rings. The molecular formula is C20H28O6. The molecule has 1 fully saturated rings. The first-order valence-corrected chi connectivity index (χ1v) is 9.34. The van der Waals surface area contributed by atoms with E-state index in [-0.39, 0.29) is 12.0 Å². The van der Waals surface area contributed by atoms with Crippen molar-refractivity contribution in [2.45, 2.75) is 65.4 Å². The molecule has 1 saturated carbocycles. The maximum atomic E-state index is 11.9. The van der Waals surface area contributed by atoms with Gasteiger partial charge < -0.3 is 4.74 Å². The Morgan fingerprint density at radius 1 is 1.08 bits per heavy atom. The van der Waals surface area contributed by atoms with Crippen molar-refractivity contribution < 1.29 is 29.1 Å². The fourth-order valence-electron chi connectivity index (χ4n) is 3.27. The lowest BCUT2D eigenvalue weighted by molar-refractivity contribution is -0.453. The molecule has 0 radical (unpaired) electrons. The quantitative estimate of drug-likeness (QED) is 0.385. The van der Waals surface area contributed by atoms with Crippen LogP contribution in [0.5, 0.6) is 0 Å². The topological polar surface area (TPSA) is 71.1 Å². The van der Waals surface area contributed by atoms with Crippen LogP contribution in [0.1, 0.15) is 68.8 Å². The van der Waals surface area contributed by atoms with Gasteiger partial charge in [-0.1, -0.05) is 39.3 Å². The molecule has 0 aromatic heterocycles. The van der Waals surface area contributed by atoms with Crippen molar-refractivity contribution in [2.24, 2.45) is 11.8 Å². The molecule has 0 aliphatic heterocycles. The summed E-state index contributed by atoms with van der Waals surface area (Å²) < 4.78 is 5.22. The zero-order valence-corrected chi connectivity index (χ0v) is 15.7. The van der Waals surface area contributed by atoms with E-state index in [9.17, 15) is 9.59 Å². The van der Waals surface area contributed by atoms with Crippen LogP contribution in [0, 0.1) is 11.8 Å². The second kappa shape index (κ2) is 10.2. The van der Waals surface area contributed by atoms with E-state index in [4.69, 9.17) is 4.74 Å². The summed E-state index contributed by atoms with van der Waals surface area (Å²) in [7, 11) is 0. The first-order chi connectivity index (χ1) is 12.5. The molecule has 1 aliphatic carbocycles. The molecule has 0 heterocycles. The van der Waals surface area contributed by atoms with Crippen molar-refractivity contribution in [1.82, 2.24) is 0 Å². The summed E-state index contributed by atoms with van der Waals surface area (Å²) >= 11 is 0. The van der Waals surface area contributed by atoms with E-state index in [1.54, 1.807) is 12.1 Å². The average molecular weight is 364 g/mol. The molecule has 144 valence electrons. The van der Waals surface area contributed by atoms with Gasteiger partial charge in [-0.2, -0.15) is 0 Å². The molecule has 1 aliphatic rings. The van der Waals surface area contributed by atoms with E-state index < -0.39 is 12.1 Å². The van der Waals surface area contributed by atoms with Crippen molar-refractivity contribution in [3.8, 4) is 0 Å². The molecule has 0 bridgehead atoms. The van der Waals surface area contributed by atoms with Crippen molar-refractivity contribution in [1.29, 1.82) is 0 Å². The largest absolute Gasteiger partial charge is 0.543 e. The average Bonchev–Trinajstić information content (AvgIpc) is 2.62. The normalized spacial score (nSPS) is 22.5. The predicted molar refractivity (Wildman–Crippen MR) is 95.1 cm³/mol. The summed E-state index contributed by atoms with van der Waals surface area (Å²) in [5.74, 6) is 0.159. The van der Waals surface area contributed by atoms with E-state index in [0.29, 0.717) is 11.5 Å². The predicted octanol–water partition coefficient (Wildman–Crippen LogP) is 5.01. The first kappa shape index (κ1) is 20.2. The Labute approximate surface area is 154 Å². The van der Waals surface area contributed by atoms with Crippen molar-refractivity contribution in [3.63, 3.8) is 0 Å². The molecule has 2 rings (SSSR count). The van der Waals surface area contributed by atoms with Crippen LogP contribution in [0.2, 0.25) is 0 Å². The van der Waals surface area contributed by atoms with E-state index in [0.717, 1.165) is 44.1 Å². The summed E-state index contributed by atoms with van der Waals surface area (Å²) in [5.41, 5.74) is 1.47. The third-order valence-corrected chi connectivity index (χ3v) is 4.82. The van der Waals surface area contributed by atoms with Crippen LogP contribution in [-0.2, 0) is 26.0 Å². The number of carbonyl (C=O) groups excluding carboxylic acids is 2. The minimum Gasteiger partial charge on any atom is -0.429 e. The molecule has 0 amide bonds. The van der Waals surface area contributed by atoms with Gasteiger partial charge in [-0.15, -0.1) is 0 Å². The Bertz CT molecular complexity index is 582. The van der Waals surface area contributed by atoms with Gasteiger partial charge in [0.15, 0.2) is 0 Å². The van der Waals surface area contributed by atoms with Crippen LogP contribution in [0.15, 0.2) is 24.3 Å².